The van der Waals surface area contributed by atoms with Crippen molar-refractivity contribution in [3.8, 4) is 23.0 Å². The Morgan fingerprint density at radius 2 is 1.67 bits per heavy atom. The molecule has 1 aliphatic heterocycles. The third-order valence-electron chi connectivity index (χ3n) is 8.00. The first kappa shape index (κ1) is 31.6. The molecule has 3 aromatic carbocycles. The molecule has 0 radical (unpaired) electrons. The first-order chi connectivity index (χ1) is 23.3. The van der Waals surface area contributed by atoms with Crippen molar-refractivity contribution in [2.45, 2.75) is 16.5 Å². The molecule has 0 fully saturated rings. The van der Waals surface area contributed by atoms with Crippen molar-refractivity contribution in [2.75, 3.05) is 46.5 Å². The molecule has 4 heterocycles. The molecule has 0 unspecified atom stereocenters. The Bertz CT molecular complexity index is 2250. The van der Waals surface area contributed by atoms with Crippen molar-refractivity contribution < 1.29 is 23.7 Å². The number of nitrogens with zero attached hydrogens (tertiary/aromatic N) is 5. The molecule has 0 atom stereocenters. The van der Waals surface area contributed by atoms with Gasteiger partial charge in [0.15, 0.2) is 23.0 Å². The number of fused-ring (bicyclic) bond motifs is 6. The number of aromatic nitrogens is 3. The second kappa shape index (κ2) is 13.3. The minimum absolute atomic E-state index is 0.127. The summed E-state index contributed by atoms with van der Waals surface area (Å²) in [6.45, 7) is 1.16. The molecule has 1 amide bonds. The maximum atomic E-state index is 14.3. The van der Waals surface area contributed by atoms with E-state index in [0.29, 0.717) is 52.3 Å². The number of hydrogen-bond acceptors (Lipinski definition) is 11. The van der Waals surface area contributed by atoms with Gasteiger partial charge in [-0.2, -0.15) is 0 Å². The maximum absolute atomic E-state index is 14.3. The molecule has 7 rings (SSSR count). The third-order valence-corrected chi connectivity index (χ3v) is 10.3. The number of likely N-dealkylation sites (N-methyl/N-ethyl adjacent to an activating group) is 1. The summed E-state index contributed by atoms with van der Waals surface area (Å²) < 4.78 is 24.6. The number of rotatable bonds is 9. The highest BCUT2D eigenvalue weighted by atomic mass is 33.1. The summed E-state index contributed by atoms with van der Waals surface area (Å²) in [4.78, 5) is 41.3. The fourth-order valence-electron chi connectivity index (χ4n) is 5.56. The molecular formula is C35H31N5O6S2. The van der Waals surface area contributed by atoms with Gasteiger partial charge in [0.1, 0.15) is 5.03 Å². The zero-order valence-corrected chi connectivity index (χ0v) is 28.3. The van der Waals surface area contributed by atoms with Crippen LogP contribution in [0.2, 0.25) is 0 Å². The van der Waals surface area contributed by atoms with Gasteiger partial charge in [0.05, 0.1) is 29.2 Å². The molecule has 244 valence electrons. The van der Waals surface area contributed by atoms with Crippen LogP contribution in [0.25, 0.3) is 32.6 Å². The van der Waals surface area contributed by atoms with Gasteiger partial charge in [-0.1, -0.05) is 18.2 Å². The van der Waals surface area contributed by atoms with E-state index in [4.69, 9.17) is 23.9 Å². The van der Waals surface area contributed by atoms with Crippen molar-refractivity contribution >= 4 is 65.9 Å². The predicted molar refractivity (Wildman–Crippen MR) is 189 cm³/mol. The number of carbonyl (C=O) groups is 1. The average Bonchev–Trinajstić information content (AvgIpc) is 3.57. The average molecular weight is 682 g/mol. The number of anilines is 1. The van der Waals surface area contributed by atoms with E-state index in [1.165, 1.54) is 33.6 Å². The number of hydrogen-bond donors (Lipinski definition) is 0. The molecule has 0 aliphatic carbocycles. The molecule has 0 N–H and O–H groups in total. The van der Waals surface area contributed by atoms with Crippen LogP contribution in [0.5, 0.6) is 23.0 Å². The lowest BCUT2D eigenvalue weighted by Gasteiger charge is -2.21. The second-order valence-electron chi connectivity index (χ2n) is 11.3. The maximum Gasteiger partial charge on any atom is 0.419 e. The lowest BCUT2D eigenvalue weighted by atomic mass is 10.0. The van der Waals surface area contributed by atoms with Gasteiger partial charge in [-0.3, -0.25) is 14.7 Å². The van der Waals surface area contributed by atoms with Gasteiger partial charge >= 0.3 is 6.09 Å². The van der Waals surface area contributed by atoms with Crippen LogP contribution in [-0.2, 0) is 6.54 Å². The fourth-order valence-corrected chi connectivity index (χ4v) is 7.65. The predicted octanol–water partition coefficient (Wildman–Crippen LogP) is 6.83. The Hall–Kier alpha value is -4.98. The van der Waals surface area contributed by atoms with Crippen LogP contribution in [-0.4, -0.2) is 67.1 Å². The zero-order valence-electron chi connectivity index (χ0n) is 26.6. The van der Waals surface area contributed by atoms with Crippen molar-refractivity contribution in [3.63, 3.8) is 0 Å². The van der Waals surface area contributed by atoms with E-state index in [9.17, 15) is 9.59 Å². The highest BCUT2D eigenvalue weighted by Gasteiger charge is 2.24. The first-order valence-corrected chi connectivity index (χ1v) is 17.2. The van der Waals surface area contributed by atoms with Crippen LogP contribution < -0.4 is 29.4 Å². The molecular weight excluding hydrogens is 651 g/mol. The smallest absolute Gasteiger partial charge is 0.419 e. The number of pyridine rings is 3. The number of para-hydroxylation sites is 1. The minimum Gasteiger partial charge on any atom is -0.493 e. The Labute approximate surface area is 283 Å². The van der Waals surface area contributed by atoms with Crippen LogP contribution in [0.4, 0.5) is 10.5 Å². The monoisotopic (exact) mass is 681 g/mol. The van der Waals surface area contributed by atoms with Gasteiger partial charge < -0.3 is 28.4 Å². The topological polar surface area (TPSA) is 108 Å². The van der Waals surface area contributed by atoms with Gasteiger partial charge in [-0.25, -0.2) is 9.78 Å². The zero-order chi connectivity index (χ0) is 33.4. The molecule has 13 heteroatoms. The van der Waals surface area contributed by atoms with E-state index in [1.807, 2.05) is 73.6 Å². The lowest BCUT2D eigenvalue weighted by molar-refractivity contribution is 0.174. The molecule has 0 saturated carbocycles. The minimum atomic E-state index is -0.638. The largest absolute Gasteiger partial charge is 0.493 e. The van der Waals surface area contributed by atoms with Crippen molar-refractivity contribution in [1.82, 2.24) is 19.4 Å². The number of benzene rings is 3. The van der Waals surface area contributed by atoms with E-state index >= 15 is 0 Å². The number of ether oxygens (including phenoxy) is 4. The summed E-state index contributed by atoms with van der Waals surface area (Å²) in [5.41, 5.74) is 1.83. The van der Waals surface area contributed by atoms with Crippen molar-refractivity contribution in [3.05, 3.63) is 89.5 Å². The molecule has 48 heavy (non-hydrogen) atoms. The third kappa shape index (κ3) is 5.96. The fraction of sp³-hybridized carbons (Fsp3) is 0.200. The van der Waals surface area contributed by atoms with Crippen molar-refractivity contribution in [2.24, 2.45) is 0 Å². The normalized spacial score (nSPS) is 12.3. The highest BCUT2D eigenvalue weighted by Crippen LogP contribution is 2.42. The standard InChI is InChI=1S/C35H31N5O6S2/c1-38(2)13-14-40-33-23-17-28-29(45-20-44-28)18-25(23)37-19-24(33)21-15-27(43-4)30(16-22(21)34(40)41)46-35(42)39(3)26-9-5-6-10-31(26)47-48-32-11-7-8-12-36-32/h5-12,15-19H,13-14,20H2,1-4H3. The molecule has 1 aliphatic rings. The summed E-state index contributed by atoms with van der Waals surface area (Å²) in [7, 11) is 10.0. The summed E-state index contributed by atoms with van der Waals surface area (Å²) in [5.74, 6) is 1.64. The van der Waals surface area contributed by atoms with E-state index in [0.717, 1.165) is 26.2 Å². The van der Waals surface area contributed by atoms with E-state index in [-0.39, 0.29) is 18.1 Å². The van der Waals surface area contributed by atoms with Crippen LogP contribution in [0.15, 0.2) is 93.8 Å². The van der Waals surface area contributed by atoms with Gasteiger partial charge in [0.25, 0.3) is 5.56 Å². The summed E-state index contributed by atoms with van der Waals surface area (Å²) in [5, 5.41) is 3.36. The van der Waals surface area contributed by atoms with Gasteiger partial charge in [-0.15, -0.1) is 0 Å². The quantitative estimate of drug-likeness (QED) is 0.118. The summed E-state index contributed by atoms with van der Waals surface area (Å²) >= 11 is 0. The van der Waals surface area contributed by atoms with Crippen LogP contribution in [0, 0.1) is 0 Å². The molecule has 11 nitrogen and oxygen atoms in total. The van der Waals surface area contributed by atoms with Crippen LogP contribution in [0.1, 0.15) is 0 Å². The lowest BCUT2D eigenvalue weighted by Crippen LogP contribution is -2.30. The summed E-state index contributed by atoms with van der Waals surface area (Å²) in [6.07, 6.45) is 2.86. The first-order valence-electron chi connectivity index (χ1n) is 15.0. The Balaban J connectivity index is 1.29. The van der Waals surface area contributed by atoms with Crippen molar-refractivity contribution in [1.29, 1.82) is 0 Å². The summed E-state index contributed by atoms with van der Waals surface area (Å²) in [6, 6.07) is 20.3. The van der Waals surface area contributed by atoms with Crippen LogP contribution in [0.3, 0.4) is 0 Å². The van der Waals surface area contributed by atoms with Gasteiger partial charge in [-0.05, 0) is 78.1 Å². The van der Waals surface area contributed by atoms with Gasteiger partial charge in [0, 0.05) is 59.7 Å². The number of amides is 1. The van der Waals surface area contributed by atoms with E-state index < -0.39 is 6.09 Å². The van der Waals surface area contributed by atoms with Crippen LogP contribution >= 0.6 is 21.6 Å². The van der Waals surface area contributed by atoms with Gasteiger partial charge in [0.2, 0.25) is 6.79 Å². The van der Waals surface area contributed by atoms with E-state index in [1.54, 1.807) is 36.1 Å². The second-order valence-corrected chi connectivity index (χ2v) is 13.5. The number of carbonyl (C=O) groups excluding carboxylic acids is 1. The number of methoxy groups -OCH3 is 1. The molecule has 0 saturated heterocycles. The Morgan fingerprint density at radius 3 is 2.44 bits per heavy atom. The SMILES string of the molecule is COc1cc2c(cc1OC(=O)N(C)c1ccccc1SSc1ccccn1)c(=O)n(CCN(C)C)c1c3cc4c(cc3ncc21)OCO4. The molecule has 6 aromatic rings. The molecule has 0 spiro atoms. The highest BCUT2D eigenvalue weighted by molar-refractivity contribution is 8.76. The Morgan fingerprint density at radius 1 is 0.896 bits per heavy atom. The molecule has 0 bridgehead atoms. The Kier molecular flexibility index (Phi) is 8.73. The van der Waals surface area contributed by atoms with E-state index in [2.05, 4.69) is 4.98 Å². The molecule has 3 aromatic heterocycles.